The third kappa shape index (κ3) is 3.76. The fourth-order valence-electron chi connectivity index (χ4n) is 3.42. The highest BCUT2D eigenvalue weighted by Crippen LogP contribution is 2.29. The van der Waals surface area contributed by atoms with Crippen LogP contribution in [0.1, 0.15) is 37.8 Å². The summed E-state index contributed by atoms with van der Waals surface area (Å²) in [5.74, 6) is -1.99. The molecule has 0 radical (unpaired) electrons. The molecule has 0 unspecified atom stereocenters. The first-order valence-electron chi connectivity index (χ1n) is 8.81. The molecule has 2 heterocycles. The highest BCUT2D eigenvalue weighted by Gasteiger charge is 2.38. The highest BCUT2D eigenvalue weighted by atomic mass is 16.5. The summed E-state index contributed by atoms with van der Waals surface area (Å²) in [6.45, 7) is 2.11. The number of hydrogen-bond donors (Lipinski definition) is 0. The Morgan fingerprint density at radius 1 is 1.19 bits per heavy atom. The Bertz CT molecular complexity index is 718. The summed E-state index contributed by atoms with van der Waals surface area (Å²) in [7, 11) is 0. The number of esters is 1. The van der Waals surface area contributed by atoms with Crippen LogP contribution in [0.25, 0.3) is 0 Å². The highest BCUT2D eigenvalue weighted by molar-refractivity contribution is 5.98. The summed E-state index contributed by atoms with van der Waals surface area (Å²) in [5, 5.41) is 0. The van der Waals surface area contributed by atoms with Gasteiger partial charge in [-0.25, -0.2) is 0 Å². The third-order valence-electron chi connectivity index (χ3n) is 4.95. The Morgan fingerprint density at radius 3 is 2.58 bits per heavy atom. The van der Waals surface area contributed by atoms with Crippen molar-refractivity contribution < 1.29 is 23.9 Å². The van der Waals surface area contributed by atoms with Gasteiger partial charge in [-0.2, -0.15) is 0 Å². The van der Waals surface area contributed by atoms with E-state index in [2.05, 4.69) is 0 Å². The fourth-order valence-corrected chi connectivity index (χ4v) is 3.42. The maximum Gasteiger partial charge on any atom is 0.311 e. The van der Waals surface area contributed by atoms with E-state index in [1.165, 1.54) is 0 Å². The van der Waals surface area contributed by atoms with Gasteiger partial charge in [-0.1, -0.05) is 30.3 Å². The number of carbonyl (C=O) groups is 4. The molecule has 7 heteroatoms. The summed E-state index contributed by atoms with van der Waals surface area (Å²) in [4.78, 5) is 50.8. The van der Waals surface area contributed by atoms with Crippen molar-refractivity contribution in [3.8, 4) is 0 Å². The first-order valence-corrected chi connectivity index (χ1v) is 8.81. The molecule has 1 aromatic carbocycles. The number of nitrogens with zero attached hydrogens (tertiary/aromatic N) is 2. The van der Waals surface area contributed by atoms with Gasteiger partial charge < -0.3 is 9.64 Å². The fraction of sp³-hybridized carbons (Fsp3) is 0.474. The smallest absolute Gasteiger partial charge is 0.311 e. The lowest BCUT2D eigenvalue weighted by Crippen LogP contribution is -2.36. The van der Waals surface area contributed by atoms with E-state index in [1.54, 1.807) is 4.90 Å². The minimum absolute atomic E-state index is 0.0762. The van der Waals surface area contributed by atoms with Crippen LogP contribution in [0.3, 0.4) is 0 Å². The van der Waals surface area contributed by atoms with E-state index in [9.17, 15) is 19.2 Å². The van der Waals surface area contributed by atoms with Crippen LogP contribution in [0.5, 0.6) is 0 Å². The minimum Gasteiger partial charge on any atom is -0.455 e. The van der Waals surface area contributed by atoms with Gasteiger partial charge in [-0.05, 0) is 18.9 Å². The van der Waals surface area contributed by atoms with Gasteiger partial charge in [0.05, 0.1) is 12.0 Å². The molecule has 2 saturated heterocycles. The van der Waals surface area contributed by atoms with E-state index in [4.69, 9.17) is 4.74 Å². The zero-order valence-electron chi connectivity index (χ0n) is 14.7. The van der Waals surface area contributed by atoms with Gasteiger partial charge in [-0.15, -0.1) is 0 Å². The largest absolute Gasteiger partial charge is 0.455 e. The summed E-state index contributed by atoms with van der Waals surface area (Å²) in [5.41, 5.74) is 0.998. The van der Waals surface area contributed by atoms with Crippen LogP contribution in [0, 0.1) is 5.92 Å². The molecular formula is C19H22N2O5. The number of likely N-dealkylation sites (tertiary alicyclic amines) is 2. The third-order valence-corrected chi connectivity index (χ3v) is 4.95. The second kappa shape index (κ2) is 7.68. The molecule has 0 aliphatic carbocycles. The van der Waals surface area contributed by atoms with Crippen LogP contribution in [-0.2, 0) is 23.9 Å². The van der Waals surface area contributed by atoms with Crippen LogP contribution < -0.4 is 0 Å². The maximum atomic E-state index is 12.3. The van der Waals surface area contributed by atoms with Crippen molar-refractivity contribution in [1.29, 1.82) is 0 Å². The van der Waals surface area contributed by atoms with Gasteiger partial charge >= 0.3 is 5.97 Å². The molecule has 7 nitrogen and oxygen atoms in total. The molecule has 0 aromatic heterocycles. The second-order valence-corrected chi connectivity index (χ2v) is 6.68. The molecule has 0 spiro atoms. The molecule has 0 saturated carbocycles. The normalized spacial score (nSPS) is 21.2. The molecule has 0 bridgehead atoms. The predicted molar refractivity (Wildman–Crippen MR) is 91.6 cm³/mol. The molecule has 26 heavy (non-hydrogen) atoms. The lowest BCUT2D eigenvalue weighted by Gasteiger charge is -2.25. The van der Waals surface area contributed by atoms with Crippen LogP contribution in [-0.4, -0.2) is 53.2 Å². The molecule has 2 aliphatic rings. The molecule has 3 rings (SSSR count). The number of imide groups is 1. The summed E-state index contributed by atoms with van der Waals surface area (Å²) < 4.78 is 5.07. The lowest BCUT2D eigenvalue weighted by molar-refractivity contribution is -0.157. The molecule has 138 valence electrons. The Balaban J connectivity index is 1.54. The molecule has 3 amide bonds. The van der Waals surface area contributed by atoms with Crippen molar-refractivity contribution in [1.82, 2.24) is 9.80 Å². The first-order chi connectivity index (χ1) is 12.5. The standard InChI is InChI=1S/C19H22N2O5/c1-13(14-6-3-2-4-7-14)21-11-15(10-17(21)23)19(25)26-12-18(24)20-9-5-8-16(20)22/h2-4,6-7,13,15H,5,8-12H2,1H3/t13-,15-/m0/s1. The zero-order valence-corrected chi connectivity index (χ0v) is 14.7. The topological polar surface area (TPSA) is 84.0 Å². The number of benzene rings is 1. The number of rotatable bonds is 5. The Labute approximate surface area is 151 Å². The van der Waals surface area contributed by atoms with Crippen molar-refractivity contribution in [2.24, 2.45) is 5.92 Å². The number of carbonyl (C=O) groups excluding carboxylic acids is 4. The quantitative estimate of drug-likeness (QED) is 0.741. The second-order valence-electron chi connectivity index (χ2n) is 6.68. The Hall–Kier alpha value is -2.70. The van der Waals surface area contributed by atoms with E-state index in [0.717, 1.165) is 10.5 Å². The molecule has 1 aromatic rings. The van der Waals surface area contributed by atoms with Crippen LogP contribution in [0.2, 0.25) is 0 Å². The monoisotopic (exact) mass is 358 g/mol. The number of hydrogen-bond acceptors (Lipinski definition) is 5. The summed E-state index contributed by atoms with van der Waals surface area (Å²) in [6.07, 6.45) is 1.07. The molecule has 2 atom stereocenters. The number of amides is 3. The van der Waals surface area contributed by atoms with Crippen molar-refractivity contribution in [2.45, 2.75) is 32.2 Å². The van der Waals surface area contributed by atoms with Crippen LogP contribution in [0.4, 0.5) is 0 Å². The Morgan fingerprint density at radius 2 is 1.92 bits per heavy atom. The van der Waals surface area contributed by atoms with Gasteiger partial charge in [-0.3, -0.25) is 24.1 Å². The SMILES string of the molecule is C[C@@H](c1ccccc1)N1C[C@@H](C(=O)OCC(=O)N2CCCC2=O)CC1=O. The van der Waals surface area contributed by atoms with Gasteiger partial charge in [0.2, 0.25) is 11.8 Å². The summed E-state index contributed by atoms with van der Waals surface area (Å²) >= 11 is 0. The van der Waals surface area contributed by atoms with E-state index >= 15 is 0 Å². The number of ether oxygens (including phenoxy) is 1. The van der Waals surface area contributed by atoms with Gasteiger partial charge in [0, 0.05) is 25.9 Å². The van der Waals surface area contributed by atoms with Crippen molar-refractivity contribution in [2.75, 3.05) is 19.7 Å². The van der Waals surface area contributed by atoms with Crippen LogP contribution in [0.15, 0.2) is 30.3 Å². The first kappa shape index (κ1) is 18.1. The molecular weight excluding hydrogens is 336 g/mol. The van der Waals surface area contributed by atoms with Crippen molar-refractivity contribution >= 4 is 23.7 Å². The predicted octanol–water partition coefficient (Wildman–Crippen LogP) is 1.29. The van der Waals surface area contributed by atoms with Crippen molar-refractivity contribution in [3.63, 3.8) is 0 Å². The van der Waals surface area contributed by atoms with E-state index in [1.807, 2.05) is 37.3 Å². The average molecular weight is 358 g/mol. The lowest BCUT2D eigenvalue weighted by atomic mass is 10.1. The van der Waals surface area contributed by atoms with Gasteiger partial charge in [0.1, 0.15) is 0 Å². The van der Waals surface area contributed by atoms with E-state index in [-0.39, 0.29) is 30.8 Å². The van der Waals surface area contributed by atoms with Crippen LogP contribution >= 0.6 is 0 Å². The minimum atomic E-state index is -0.587. The van der Waals surface area contributed by atoms with Crippen molar-refractivity contribution in [3.05, 3.63) is 35.9 Å². The van der Waals surface area contributed by atoms with E-state index in [0.29, 0.717) is 19.4 Å². The zero-order chi connectivity index (χ0) is 18.7. The average Bonchev–Trinajstić information content (AvgIpc) is 3.25. The van der Waals surface area contributed by atoms with Gasteiger partial charge in [0.25, 0.3) is 5.91 Å². The van der Waals surface area contributed by atoms with E-state index < -0.39 is 24.4 Å². The Kier molecular flexibility index (Phi) is 5.35. The summed E-state index contributed by atoms with van der Waals surface area (Å²) in [6, 6.07) is 9.47. The van der Waals surface area contributed by atoms with Gasteiger partial charge in [0.15, 0.2) is 6.61 Å². The molecule has 2 fully saturated rings. The molecule has 0 N–H and O–H groups in total. The molecule has 2 aliphatic heterocycles. The maximum absolute atomic E-state index is 12.3.